The first kappa shape index (κ1) is 17.4. The topological polar surface area (TPSA) is 70.5 Å². The van der Waals surface area contributed by atoms with E-state index in [1.165, 1.54) is 0 Å². The smallest absolute Gasteiger partial charge is 0.231 e. The molecule has 7 nitrogen and oxygen atoms in total. The van der Waals surface area contributed by atoms with Crippen LogP contribution in [0.2, 0.25) is 0 Å². The summed E-state index contributed by atoms with van der Waals surface area (Å²) in [6, 6.07) is 3.98. The minimum atomic E-state index is 0.0555. The molecule has 1 atom stereocenters. The van der Waals surface area contributed by atoms with Crippen LogP contribution < -0.4 is 19.5 Å². The predicted molar refractivity (Wildman–Crippen MR) is 96.2 cm³/mol. The molecule has 142 valence electrons. The number of rotatable bonds is 7. The number of fused-ring (bicyclic) bond motifs is 1. The summed E-state index contributed by atoms with van der Waals surface area (Å²) in [4.78, 5) is 5.62. The van der Waals surface area contributed by atoms with Gasteiger partial charge >= 0.3 is 0 Å². The Bertz CT molecular complexity index is 658. The Hall–Kier alpha value is -1.99. The first-order chi connectivity index (χ1) is 12.8. The van der Waals surface area contributed by atoms with E-state index < -0.39 is 0 Å². The fourth-order valence-electron chi connectivity index (χ4n) is 3.64. The van der Waals surface area contributed by atoms with Gasteiger partial charge in [0.2, 0.25) is 12.5 Å². The fourth-order valence-corrected chi connectivity index (χ4v) is 3.64. The lowest BCUT2D eigenvalue weighted by atomic mass is 10.00. The van der Waals surface area contributed by atoms with Gasteiger partial charge in [-0.05, 0) is 43.0 Å². The first-order valence-electron chi connectivity index (χ1n) is 9.28. The molecule has 1 saturated heterocycles. The molecule has 3 aliphatic heterocycles. The minimum Gasteiger partial charge on any atom is -0.493 e. The van der Waals surface area contributed by atoms with Crippen LogP contribution in [-0.2, 0) is 16.0 Å². The molecule has 1 fully saturated rings. The van der Waals surface area contributed by atoms with Crippen LogP contribution in [0.25, 0.3) is 0 Å². The van der Waals surface area contributed by atoms with Crippen molar-refractivity contribution < 1.29 is 23.8 Å². The van der Waals surface area contributed by atoms with E-state index in [0.29, 0.717) is 17.4 Å². The lowest BCUT2D eigenvalue weighted by Gasteiger charge is -2.22. The summed E-state index contributed by atoms with van der Waals surface area (Å²) in [7, 11) is 1.64. The van der Waals surface area contributed by atoms with Gasteiger partial charge < -0.3 is 29.1 Å². The maximum atomic E-state index is 5.62. The SMILES string of the molecule is COc1cc(C[C@H]2CC(CNCC3CCOCC3)=NO2)cc2c1OCO2. The summed E-state index contributed by atoms with van der Waals surface area (Å²) < 4.78 is 21.7. The van der Waals surface area contributed by atoms with Crippen LogP contribution in [0, 0.1) is 5.92 Å². The van der Waals surface area contributed by atoms with E-state index in [-0.39, 0.29) is 12.9 Å². The van der Waals surface area contributed by atoms with E-state index in [2.05, 4.69) is 10.5 Å². The van der Waals surface area contributed by atoms with Crippen LogP contribution in [0.4, 0.5) is 0 Å². The second-order valence-corrected chi connectivity index (χ2v) is 7.01. The van der Waals surface area contributed by atoms with Crippen molar-refractivity contribution in [2.45, 2.75) is 31.8 Å². The molecule has 0 bridgehead atoms. The first-order valence-corrected chi connectivity index (χ1v) is 9.28. The molecule has 0 radical (unpaired) electrons. The average molecular weight is 362 g/mol. The van der Waals surface area contributed by atoms with Gasteiger partial charge in [-0.25, -0.2) is 0 Å². The maximum Gasteiger partial charge on any atom is 0.231 e. The fraction of sp³-hybridized carbons (Fsp3) is 0.632. The van der Waals surface area contributed by atoms with Gasteiger partial charge in [-0.15, -0.1) is 0 Å². The summed E-state index contributed by atoms with van der Waals surface area (Å²) in [6.07, 6.45) is 3.95. The highest BCUT2D eigenvalue weighted by Crippen LogP contribution is 2.42. The second kappa shape index (κ2) is 8.14. The molecule has 0 spiro atoms. The van der Waals surface area contributed by atoms with Crippen molar-refractivity contribution in [3.05, 3.63) is 17.7 Å². The van der Waals surface area contributed by atoms with Crippen molar-refractivity contribution >= 4 is 5.71 Å². The van der Waals surface area contributed by atoms with Crippen LogP contribution in [0.5, 0.6) is 17.2 Å². The van der Waals surface area contributed by atoms with E-state index >= 15 is 0 Å². The summed E-state index contributed by atoms with van der Waals surface area (Å²) >= 11 is 0. The van der Waals surface area contributed by atoms with Gasteiger partial charge in [0, 0.05) is 32.6 Å². The second-order valence-electron chi connectivity index (χ2n) is 7.01. The zero-order valence-electron chi connectivity index (χ0n) is 15.2. The van der Waals surface area contributed by atoms with Crippen molar-refractivity contribution in [2.24, 2.45) is 11.1 Å². The van der Waals surface area contributed by atoms with E-state index in [9.17, 15) is 0 Å². The number of ether oxygens (including phenoxy) is 4. The third-order valence-corrected chi connectivity index (χ3v) is 5.08. The average Bonchev–Trinajstić information content (AvgIpc) is 3.31. The quantitative estimate of drug-likeness (QED) is 0.801. The summed E-state index contributed by atoms with van der Waals surface area (Å²) in [5.74, 6) is 2.82. The van der Waals surface area contributed by atoms with Crippen molar-refractivity contribution in [1.29, 1.82) is 0 Å². The maximum absolute atomic E-state index is 5.62. The Kier molecular flexibility index (Phi) is 5.45. The van der Waals surface area contributed by atoms with Gasteiger partial charge in [-0.3, -0.25) is 0 Å². The molecule has 3 heterocycles. The lowest BCUT2D eigenvalue weighted by molar-refractivity contribution is 0.0667. The van der Waals surface area contributed by atoms with Gasteiger partial charge in [0.1, 0.15) is 6.10 Å². The molecule has 1 aromatic rings. The highest BCUT2D eigenvalue weighted by Gasteiger charge is 2.25. The summed E-state index contributed by atoms with van der Waals surface area (Å²) in [5.41, 5.74) is 2.18. The molecule has 0 aromatic heterocycles. The van der Waals surface area contributed by atoms with Gasteiger partial charge in [-0.1, -0.05) is 5.16 Å². The highest BCUT2D eigenvalue weighted by molar-refractivity contribution is 5.87. The summed E-state index contributed by atoms with van der Waals surface area (Å²) in [5, 5.41) is 7.76. The zero-order valence-corrected chi connectivity index (χ0v) is 15.2. The lowest BCUT2D eigenvalue weighted by Crippen LogP contribution is -2.31. The van der Waals surface area contributed by atoms with Crippen molar-refractivity contribution in [3.8, 4) is 17.2 Å². The summed E-state index contributed by atoms with van der Waals surface area (Å²) in [6.45, 7) is 3.82. The molecular formula is C19H26N2O5. The van der Waals surface area contributed by atoms with Crippen molar-refractivity contribution in [1.82, 2.24) is 5.32 Å². The Morgan fingerprint density at radius 2 is 2.12 bits per heavy atom. The van der Waals surface area contributed by atoms with Crippen LogP contribution in [0.1, 0.15) is 24.8 Å². The third kappa shape index (κ3) is 4.04. The molecule has 1 aromatic carbocycles. The van der Waals surface area contributed by atoms with E-state index in [0.717, 1.165) is 69.0 Å². The molecular weight excluding hydrogens is 336 g/mol. The minimum absolute atomic E-state index is 0.0555. The molecule has 0 unspecified atom stereocenters. The number of nitrogens with one attached hydrogen (secondary N) is 1. The molecule has 3 aliphatic rings. The molecule has 4 rings (SSSR count). The van der Waals surface area contributed by atoms with Gasteiger partial charge in [-0.2, -0.15) is 0 Å². The predicted octanol–water partition coefficient (Wildman–Crippen LogP) is 2.13. The largest absolute Gasteiger partial charge is 0.493 e. The van der Waals surface area contributed by atoms with E-state index in [1.54, 1.807) is 7.11 Å². The zero-order chi connectivity index (χ0) is 17.8. The highest BCUT2D eigenvalue weighted by atomic mass is 16.7. The monoisotopic (exact) mass is 362 g/mol. The Morgan fingerprint density at radius 1 is 1.23 bits per heavy atom. The molecule has 0 amide bonds. The van der Waals surface area contributed by atoms with Crippen LogP contribution in [0.3, 0.4) is 0 Å². The van der Waals surface area contributed by atoms with Crippen molar-refractivity contribution in [3.63, 3.8) is 0 Å². The van der Waals surface area contributed by atoms with Crippen molar-refractivity contribution in [2.75, 3.05) is 40.2 Å². The Balaban J connectivity index is 1.25. The van der Waals surface area contributed by atoms with E-state index in [4.69, 9.17) is 23.8 Å². The van der Waals surface area contributed by atoms with Crippen LogP contribution >= 0.6 is 0 Å². The number of methoxy groups -OCH3 is 1. The van der Waals surface area contributed by atoms with Gasteiger partial charge in [0.15, 0.2) is 11.5 Å². The number of nitrogens with zero attached hydrogens (tertiary/aromatic N) is 1. The van der Waals surface area contributed by atoms with Gasteiger partial charge in [0.05, 0.1) is 12.8 Å². The Morgan fingerprint density at radius 3 is 2.96 bits per heavy atom. The van der Waals surface area contributed by atoms with E-state index in [1.807, 2.05) is 12.1 Å². The molecule has 0 aliphatic carbocycles. The number of benzene rings is 1. The molecule has 7 heteroatoms. The normalized spacial score (nSPS) is 22.2. The van der Waals surface area contributed by atoms with Crippen LogP contribution in [0.15, 0.2) is 17.3 Å². The van der Waals surface area contributed by atoms with Gasteiger partial charge in [0.25, 0.3) is 0 Å². The standard InChI is InChI=1S/C19H26N2O5/c1-22-17-7-14(8-18-19(17)25-12-24-18)6-16-9-15(21-26-16)11-20-10-13-2-4-23-5-3-13/h7-8,13,16,20H,2-6,9-12H2,1H3/t16-/m0/s1. The number of hydrogen-bond acceptors (Lipinski definition) is 7. The van der Waals surface area contributed by atoms with Crippen LogP contribution in [-0.4, -0.2) is 52.0 Å². The molecule has 1 N–H and O–H groups in total. The third-order valence-electron chi connectivity index (χ3n) is 5.08. The number of hydrogen-bond donors (Lipinski definition) is 1. The Labute approximate surface area is 153 Å². The molecule has 26 heavy (non-hydrogen) atoms. The molecule has 0 saturated carbocycles. The number of oxime groups is 1.